The number of nitrogens with one attached hydrogen (secondary N) is 2. The molecule has 5 nitrogen and oxygen atoms in total. The van der Waals surface area contributed by atoms with Gasteiger partial charge >= 0.3 is 11.8 Å². The highest BCUT2D eigenvalue weighted by Gasteiger charge is 2.12. The van der Waals surface area contributed by atoms with Crippen LogP contribution >= 0.6 is 11.3 Å². The summed E-state index contributed by atoms with van der Waals surface area (Å²) in [6.07, 6.45) is 1.54. The fraction of sp³-hybridized carbons (Fsp3) is 0.417. The summed E-state index contributed by atoms with van der Waals surface area (Å²) in [4.78, 5) is 23.6. The Hall–Kier alpha value is -1.69. The number of aryl methyl sites for hydroxylation is 1. The van der Waals surface area contributed by atoms with E-state index < -0.39 is 11.8 Å². The zero-order chi connectivity index (χ0) is 13.5. The summed E-state index contributed by atoms with van der Waals surface area (Å²) < 4.78 is 0. The highest BCUT2D eigenvalue weighted by Crippen LogP contribution is 2.12. The van der Waals surface area contributed by atoms with E-state index in [1.807, 2.05) is 32.2 Å². The van der Waals surface area contributed by atoms with Crippen LogP contribution in [-0.4, -0.2) is 24.6 Å². The molecule has 0 saturated carbocycles. The summed E-state index contributed by atoms with van der Waals surface area (Å²) >= 11 is 1.52. The van der Waals surface area contributed by atoms with Gasteiger partial charge in [0, 0.05) is 11.4 Å². The number of carbonyl (C=O) groups excluding carboxylic acids is 2. The summed E-state index contributed by atoms with van der Waals surface area (Å²) in [7, 11) is 0. The molecule has 1 rings (SSSR count). The average molecular weight is 267 g/mol. The first-order valence-electron chi connectivity index (χ1n) is 5.66. The molecule has 2 N–H and O–H groups in total. The Kier molecular flexibility index (Phi) is 5.51. The third-order valence-corrected chi connectivity index (χ3v) is 3.08. The summed E-state index contributed by atoms with van der Waals surface area (Å²) in [6, 6.07) is 1.96. The predicted molar refractivity (Wildman–Crippen MR) is 72.6 cm³/mol. The molecule has 1 aromatic heterocycles. The summed E-state index contributed by atoms with van der Waals surface area (Å²) in [5.74, 6) is -1.11. The van der Waals surface area contributed by atoms with Gasteiger partial charge in [0.05, 0.1) is 6.21 Å². The Balaban J connectivity index is 2.39. The molecule has 0 aliphatic carbocycles. The molecule has 98 valence electrons. The van der Waals surface area contributed by atoms with Crippen molar-refractivity contribution in [1.82, 2.24) is 10.7 Å². The van der Waals surface area contributed by atoms with Crippen molar-refractivity contribution >= 4 is 29.4 Å². The molecule has 6 heteroatoms. The first kappa shape index (κ1) is 14.4. The zero-order valence-corrected chi connectivity index (χ0v) is 11.5. The smallest absolute Gasteiger partial charge is 0.329 e. The summed E-state index contributed by atoms with van der Waals surface area (Å²) in [5, 5.41) is 8.20. The van der Waals surface area contributed by atoms with Gasteiger partial charge in [0.15, 0.2) is 0 Å². The molecule has 0 aliphatic heterocycles. The Bertz CT molecular complexity index is 452. The van der Waals surface area contributed by atoms with Gasteiger partial charge < -0.3 is 5.32 Å². The van der Waals surface area contributed by atoms with Crippen molar-refractivity contribution in [2.45, 2.75) is 20.8 Å². The van der Waals surface area contributed by atoms with Crippen molar-refractivity contribution in [3.63, 3.8) is 0 Å². The van der Waals surface area contributed by atoms with Crippen LogP contribution in [0.1, 0.15) is 24.3 Å². The standard InChI is InChI=1S/C12H17N3O2S/c1-8(2)6-13-11(16)12(17)15-14-7-10-9(3)4-5-18-10/h4-5,7-8H,6H2,1-3H3,(H,13,16)(H,15,17)/b14-7-. The van der Waals surface area contributed by atoms with Crippen LogP contribution in [0.4, 0.5) is 0 Å². The maximum Gasteiger partial charge on any atom is 0.329 e. The molecule has 0 atom stereocenters. The molecule has 18 heavy (non-hydrogen) atoms. The third kappa shape index (κ3) is 4.67. The lowest BCUT2D eigenvalue weighted by molar-refractivity contribution is -0.139. The third-order valence-electron chi connectivity index (χ3n) is 2.13. The van der Waals surface area contributed by atoms with Crippen LogP contribution in [0.5, 0.6) is 0 Å². The largest absolute Gasteiger partial charge is 0.348 e. The fourth-order valence-corrected chi connectivity index (χ4v) is 1.88. The minimum Gasteiger partial charge on any atom is -0.348 e. The molecular weight excluding hydrogens is 250 g/mol. The Morgan fingerprint density at radius 2 is 2.17 bits per heavy atom. The molecule has 1 aromatic rings. The van der Waals surface area contributed by atoms with Crippen LogP contribution in [0.25, 0.3) is 0 Å². The first-order chi connectivity index (χ1) is 8.50. The second kappa shape index (κ2) is 6.90. The fourth-order valence-electron chi connectivity index (χ4n) is 1.09. The van der Waals surface area contributed by atoms with Gasteiger partial charge in [-0.05, 0) is 29.9 Å². The lowest BCUT2D eigenvalue weighted by atomic mass is 10.2. The van der Waals surface area contributed by atoms with Crippen LogP contribution in [-0.2, 0) is 9.59 Å². The number of hydrazone groups is 1. The first-order valence-corrected chi connectivity index (χ1v) is 6.54. The van der Waals surface area contributed by atoms with Crippen molar-refractivity contribution in [1.29, 1.82) is 0 Å². The Morgan fingerprint density at radius 3 is 2.72 bits per heavy atom. The minimum atomic E-state index is -0.749. The van der Waals surface area contributed by atoms with Gasteiger partial charge in [0.25, 0.3) is 0 Å². The summed E-state index contributed by atoms with van der Waals surface area (Å²) in [5.41, 5.74) is 3.28. The van der Waals surface area contributed by atoms with E-state index in [2.05, 4.69) is 15.8 Å². The molecule has 0 radical (unpaired) electrons. The number of amides is 2. The van der Waals surface area contributed by atoms with E-state index >= 15 is 0 Å². The van der Waals surface area contributed by atoms with Gasteiger partial charge in [-0.15, -0.1) is 11.3 Å². The molecule has 0 saturated heterocycles. The quantitative estimate of drug-likeness (QED) is 0.490. The van der Waals surface area contributed by atoms with E-state index in [0.29, 0.717) is 12.5 Å². The van der Waals surface area contributed by atoms with Gasteiger partial charge in [-0.3, -0.25) is 9.59 Å². The van der Waals surface area contributed by atoms with Crippen LogP contribution in [0.2, 0.25) is 0 Å². The summed E-state index contributed by atoms with van der Waals surface area (Å²) in [6.45, 7) is 6.33. The number of nitrogens with zero attached hydrogens (tertiary/aromatic N) is 1. The zero-order valence-electron chi connectivity index (χ0n) is 10.7. The van der Waals surface area contributed by atoms with Crippen LogP contribution < -0.4 is 10.7 Å². The average Bonchev–Trinajstić information content (AvgIpc) is 2.72. The number of hydrogen-bond acceptors (Lipinski definition) is 4. The molecule has 0 aromatic carbocycles. The van der Waals surface area contributed by atoms with Crippen molar-refractivity contribution in [3.8, 4) is 0 Å². The molecular formula is C12H17N3O2S. The lowest BCUT2D eigenvalue weighted by Crippen LogP contribution is -2.39. The number of carbonyl (C=O) groups is 2. The molecule has 2 amide bonds. The Morgan fingerprint density at radius 1 is 1.44 bits per heavy atom. The molecule has 0 bridgehead atoms. The van der Waals surface area contributed by atoms with Crippen LogP contribution in [0.15, 0.2) is 16.5 Å². The SMILES string of the molecule is Cc1ccsc1/C=N\NC(=O)C(=O)NCC(C)C. The number of hydrogen-bond donors (Lipinski definition) is 2. The maximum absolute atomic E-state index is 11.3. The minimum absolute atomic E-state index is 0.305. The van der Waals surface area contributed by atoms with Crippen LogP contribution in [0.3, 0.4) is 0 Å². The molecule has 0 aliphatic rings. The van der Waals surface area contributed by atoms with Gasteiger partial charge in [-0.25, -0.2) is 5.43 Å². The van der Waals surface area contributed by atoms with Crippen molar-refractivity contribution < 1.29 is 9.59 Å². The van der Waals surface area contributed by atoms with Crippen LogP contribution in [0, 0.1) is 12.8 Å². The highest BCUT2D eigenvalue weighted by atomic mass is 32.1. The van der Waals surface area contributed by atoms with Crippen molar-refractivity contribution in [2.75, 3.05) is 6.54 Å². The van der Waals surface area contributed by atoms with E-state index in [1.54, 1.807) is 0 Å². The number of thiophene rings is 1. The van der Waals surface area contributed by atoms with Crippen molar-refractivity contribution in [2.24, 2.45) is 11.0 Å². The van der Waals surface area contributed by atoms with Gasteiger partial charge in [-0.1, -0.05) is 13.8 Å². The normalized spacial score (nSPS) is 10.9. The lowest BCUT2D eigenvalue weighted by Gasteiger charge is -2.05. The number of rotatable bonds is 4. The second-order valence-electron chi connectivity index (χ2n) is 4.27. The highest BCUT2D eigenvalue weighted by molar-refractivity contribution is 7.11. The van der Waals surface area contributed by atoms with E-state index in [4.69, 9.17) is 0 Å². The molecule has 0 fully saturated rings. The second-order valence-corrected chi connectivity index (χ2v) is 5.22. The molecule has 1 heterocycles. The van der Waals surface area contributed by atoms with Crippen molar-refractivity contribution in [3.05, 3.63) is 21.9 Å². The van der Waals surface area contributed by atoms with Gasteiger partial charge in [0.2, 0.25) is 0 Å². The van der Waals surface area contributed by atoms with E-state index in [1.165, 1.54) is 17.6 Å². The van der Waals surface area contributed by atoms with Gasteiger partial charge in [0.1, 0.15) is 0 Å². The molecule has 0 spiro atoms. The predicted octanol–water partition coefficient (Wildman–Crippen LogP) is 1.28. The van der Waals surface area contributed by atoms with E-state index in [9.17, 15) is 9.59 Å². The van der Waals surface area contributed by atoms with E-state index in [-0.39, 0.29) is 0 Å². The van der Waals surface area contributed by atoms with Gasteiger partial charge in [-0.2, -0.15) is 5.10 Å². The topological polar surface area (TPSA) is 70.6 Å². The maximum atomic E-state index is 11.3. The monoisotopic (exact) mass is 267 g/mol. The molecule has 0 unspecified atom stereocenters. The Labute approximate surface area is 110 Å². The van der Waals surface area contributed by atoms with E-state index in [0.717, 1.165) is 10.4 Å².